The van der Waals surface area contributed by atoms with E-state index in [1.165, 1.54) is 49.7 Å². The third kappa shape index (κ3) is 9.75. The van der Waals surface area contributed by atoms with E-state index in [0.29, 0.717) is 26.4 Å². The lowest BCUT2D eigenvalue weighted by Crippen LogP contribution is -2.13. The van der Waals surface area contributed by atoms with Gasteiger partial charge < -0.3 is 18.9 Å². The van der Waals surface area contributed by atoms with Crippen molar-refractivity contribution in [3.05, 3.63) is 63.2 Å². The Kier molecular flexibility index (Phi) is 13.4. The van der Waals surface area contributed by atoms with Crippen LogP contribution in [0.2, 0.25) is 0 Å². The van der Waals surface area contributed by atoms with Crippen molar-refractivity contribution in [3.63, 3.8) is 0 Å². The van der Waals surface area contributed by atoms with Gasteiger partial charge in [-0.1, -0.05) is 76.6 Å². The molecule has 2 aromatic rings. The van der Waals surface area contributed by atoms with E-state index in [1.54, 1.807) is 28.4 Å². The summed E-state index contributed by atoms with van der Waals surface area (Å²) < 4.78 is 21.1. The van der Waals surface area contributed by atoms with Crippen molar-refractivity contribution in [2.24, 2.45) is 0 Å². The summed E-state index contributed by atoms with van der Waals surface area (Å²) in [5, 5.41) is 0. The Morgan fingerprint density at radius 3 is 1.14 bits per heavy atom. The predicted molar refractivity (Wildman–Crippen MR) is 153 cm³/mol. The quantitative estimate of drug-likeness (QED) is 0.269. The summed E-state index contributed by atoms with van der Waals surface area (Å²) in [6, 6.07) is 8.92. The molecule has 0 N–H and O–H groups in total. The van der Waals surface area contributed by atoms with Crippen LogP contribution in [0.3, 0.4) is 0 Å². The highest BCUT2D eigenvalue weighted by molar-refractivity contribution is 8.68. The molecule has 0 aliphatic rings. The molecule has 0 radical (unpaired) electrons. The molecule has 0 aromatic heterocycles. The summed E-state index contributed by atoms with van der Waals surface area (Å²) in [5.74, 6) is 0. The Bertz CT molecular complexity index is 873. The highest BCUT2D eigenvalue weighted by atomic mass is 33.1. The number of rotatable bonds is 9. The molecule has 0 amide bonds. The van der Waals surface area contributed by atoms with Gasteiger partial charge in [-0.15, -0.1) is 11.7 Å². The highest BCUT2D eigenvalue weighted by Gasteiger charge is 2.19. The Morgan fingerprint density at radius 2 is 0.886 bits per heavy atom. The molecule has 0 bridgehead atoms. The molecule has 0 saturated heterocycles. The van der Waals surface area contributed by atoms with E-state index >= 15 is 0 Å². The molecule has 6 heteroatoms. The molecule has 0 unspecified atom stereocenters. The lowest BCUT2D eigenvalue weighted by molar-refractivity contribution is 0.176. The highest BCUT2D eigenvalue weighted by Crippen LogP contribution is 2.35. The predicted octanol–water partition coefficient (Wildman–Crippen LogP) is 7.80. The molecule has 4 nitrogen and oxygen atoms in total. The summed E-state index contributed by atoms with van der Waals surface area (Å²) in [4.78, 5) is 1.15. The average molecular weight is 523 g/mol. The SMILES string of the molecule is COCc1cc(C(C)(C)C)cc(COC)c1C.COCc1cc(C(C)(C)C)cc(COC)c1SS. The first kappa shape index (κ1) is 32.0. The topological polar surface area (TPSA) is 36.9 Å². The number of ether oxygens (including phenoxy) is 4. The molecule has 0 aliphatic heterocycles. The molecule has 2 aromatic carbocycles. The van der Waals surface area contributed by atoms with Crippen LogP contribution in [-0.2, 0) is 56.2 Å². The van der Waals surface area contributed by atoms with Crippen molar-refractivity contribution in [1.82, 2.24) is 0 Å². The van der Waals surface area contributed by atoms with Crippen LogP contribution in [-0.4, -0.2) is 28.4 Å². The van der Waals surface area contributed by atoms with Crippen molar-refractivity contribution >= 4 is 22.5 Å². The van der Waals surface area contributed by atoms with E-state index in [9.17, 15) is 0 Å². The fourth-order valence-corrected chi connectivity index (χ4v) is 4.89. The zero-order valence-electron chi connectivity index (χ0n) is 23.6. The van der Waals surface area contributed by atoms with Crippen LogP contribution in [0.1, 0.15) is 80.5 Å². The monoisotopic (exact) mass is 522 g/mol. The van der Waals surface area contributed by atoms with Crippen LogP contribution >= 0.6 is 22.5 Å². The molecule has 0 spiro atoms. The molecule has 0 saturated carbocycles. The first-order valence-corrected chi connectivity index (χ1v) is 13.8. The smallest absolute Gasteiger partial charge is 0.0724 e. The third-order valence-electron chi connectivity index (χ3n) is 5.89. The molecule has 2 rings (SSSR count). The van der Waals surface area contributed by atoms with Crippen molar-refractivity contribution in [2.75, 3.05) is 28.4 Å². The maximum atomic E-state index is 5.28. The van der Waals surface area contributed by atoms with Crippen LogP contribution in [0, 0.1) is 6.92 Å². The lowest BCUT2D eigenvalue weighted by Gasteiger charge is -2.23. The summed E-state index contributed by atoms with van der Waals surface area (Å²) in [6.45, 7) is 18.0. The maximum absolute atomic E-state index is 5.28. The van der Waals surface area contributed by atoms with Crippen LogP contribution in [0.4, 0.5) is 0 Å². The van der Waals surface area contributed by atoms with Crippen molar-refractivity contribution in [2.45, 2.75) is 90.6 Å². The molecular formula is C29H46O4S2. The van der Waals surface area contributed by atoms with Gasteiger partial charge in [0.2, 0.25) is 0 Å². The van der Waals surface area contributed by atoms with Crippen molar-refractivity contribution in [1.29, 1.82) is 0 Å². The van der Waals surface area contributed by atoms with Crippen molar-refractivity contribution < 1.29 is 18.9 Å². The second kappa shape index (κ2) is 14.7. The zero-order chi connectivity index (χ0) is 26.8. The van der Waals surface area contributed by atoms with Gasteiger partial charge in [-0.05, 0) is 56.7 Å². The number of hydrogen-bond donors (Lipinski definition) is 1. The number of methoxy groups -OCH3 is 4. The fourth-order valence-electron chi connectivity index (χ4n) is 3.71. The molecule has 0 atom stereocenters. The van der Waals surface area contributed by atoms with Crippen LogP contribution in [0.15, 0.2) is 29.2 Å². The summed E-state index contributed by atoms with van der Waals surface area (Å²) in [5.41, 5.74) is 9.05. The van der Waals surface area contributed by atoms with E-state index in [-0.39, 0.29) is 10.8 Å². The second-order valence-corrected chi connectivity index (χ2v) is 12.0. The molecular weight excluding hydrogens is 476 g/mol. The number of benzene rings is 2. The largest absolute Gasteiger partial charge is 0.380 e. The fraction of sp³-hybridized carbons (Fsp3) is 0.586. The normalized spacial score (nSPS) is 11.9. The summed E-state index contributed by atoms with van der Waals surface area (Å²) in [7, 11) is 8.36. The summed E-state index contributed by atoms with van der Waals surface area (Å²) >= 11 is 4.35. The van der Waals surface area contributed by atoms with Gasteiger partial charge in [0.25, 0.3) is 0 Å². The van der Waals surface area contributed by atoms with E-state index in [4.69, 9.17) is 18.9 Å². The average Bonchev–Trinajstić information content (AvgIpc) is 2.76. The van der Waals surface area contributed by atoms with Crippen LogP contribution < -0.4 is 0 Å². The van der Waals surface area contributed by atoms with Gasteiger partial charge in [0.15, 0.2) is 0 Å². The standard InChI is InChI=1S/C15H24O2.C14H22O2S2/c1-11-12(9-16-5)7-14(15(2,3)4)8-13(11)10-17-6;1-14(2,3)12-6-10(8-15-4)13(18-17)11(7-12)9-16-5/h7-8H,9-10H2,1-6H3;6-7,17H,8-9H2,1-5H3. The van der Waals surface area contributed by atoms with E-state index in [0.717, 1.165) is 4.90 Å². The van der Waals surface area contributed by atoms with Crippen LogP contribution in [0.5, 0.6) is 0 Å². The van der Waals surface area contributed by atoms with Gasteiger partial charge in [0.05, 0.1) is 26.4 Å². The lowest BCUT2D eigenvalue weighted by atomic mass is 9.83. The number of hydrogen-bond acceptors (Lipinski definition) is 6. The summed E-state index contributed by atoms with van der Waals surface area (Å²) in [6.07, 6.45) is 0. The van der Waals surface area contributed by atoms with Gasteiger partial charge in [-0.25, -0.2) is 0 Å². The zero-order valence-corrected chi connectivity index (χ0v) is 25.3. The van der Waals surface area contributed by atoms with Crippen LogP contribution in [0.25, 0.3) is 0 Å². The minimum Gasteiger partial charge on any atom is -0.380 e. The first-order chi connectivity index (χ1) is 16.3. The van der Waals surface area contributed by atoms with E-state index in [2.05, 4.69) is 84.4 Å². The van der Waals surface area contributed by atoms with Gasteiger partial charge in [0.1, 0.15) is 0 Å². The Morgan fingerprint density at radius 1 is 0.600 bits per heavy atom. The third-order valence-corrected chi connectivity index (χ3v) is 7.14. The van der Waals surface area contributed by atoms with Gasteiger partial charge in [-0.3, -0.25) is 0 Å². The van der Waals surface area contributed by atoms with Gasteiger partial charge in [-0.2, -0.15) is 0 Å². The Hall–Kier alpha value is -1.02. The van der Waals surface area contributed by atoms with E-state index in [1.807, 2.05) is 0 Å². The van der Waals surface area contributed by atoms with E-state index < -0.39 is 0 Å². The molecule has 198 valence electrons. The molecule has 0 aliphatic carbocycles. The molecule has 0 heterocycles. The van der Waals surface area contributed by atoms with Gasteiger partial charge >= 0.3 is 0 Å². The first-order valence-electron chi connectivity index (χ1n) is 11.9. The van der Waals surface area contributed by atoms with Gasteiger partial charge in [0, 0.05) is 33.3 Å². The maximum Gasteiger partial charge on any atom is 0.0724 e. The minimum absolute atomic E-state index is 0.116. The minimum atomic E-state index is 0.116. The Labute approximate surface area is 223 Å². The Balaban J connectivity index is 0.000000351. The van der Waals surface area contributed by atoms with Crippen molar-refractivity contribution in [3.8, 4) is 0 Å². The number of thiol groups is 1. The molecule has 35 heavy (non-hydrogen) atoms. The second-order valence-electron chi connectivity index (χ2n) is 10.9. The molecule has 0 fully saturated rings.